The molecule has 3 heteroatoms. The molecule has 0 radical (unpaired) electrons. The monoisotopic (exact) mass is 251 g/mol. The Kier molecular flexibility index (Phi) is 5.42. The van der Waals surface area contributed by atoms with E-state index in [2.05, 4.69) is 13.8 Å². The zero-order valence-electron chi connectivity index (χ0n) is 10.8. The van der Waals surface area contributed by atoms with E-state index in [1.54, 1.807) is 0 Å². The molecule has 0 aliphatic carbocycles. The van der Waals surface area contributed by atoms with Crippen LogP contribution in [0.3, 0.4) is 0 Å². The van der Waals surface area contributed by atoms with Gasteiger partial charge in [0.05, 0.1) is 12.2 Å². The van der Waals surface area contributed by atoms with Gasteiger partial charge in [-0.05, 0) is 30.9 Å². The second-order valence-corrected chi connectivity index (χ2v) is 4.96. The van der Waals surface area contributed by atoms with Crippen LogP contribution in [-0.2, 0) is 0 Å². The molecule has 0 spiro atoms. The van der Waals surface area contributed by atoms with E-state index in [9.17, 15) is 0 Å². The van der Waals surface area contributed by atoms with E-state index >= 15 is 0 Å². The van der Waals surface area contributed by atoms with E-state index in [1.165, 1.54) is 12.8 Å². The van der Waals surface area contributed by atoms with E-state index < -0.39 is 0 Å². The minimum absolute atomic E-state index is 0.395. The van der Waals surface area contributed by atoms with Gasteiger partial charge in [0.15, 0.2) is 0 Å². The summed E-state index contributed by atoms with van der Waals surface area (Å²) in [5, 5.41) is 0. The van der Waals surface area contributed by atoms with Crippen LogP contribution in [-0.4, -0.2) is 11.6 Å². The summed E-state index contributed by atoms with van der Waals surface area (Å²) < 4.78 is 5.88. The minimum atomic E-state index is 0.395. The smallest absolute Gasteiger partial charge is 0.132 e. The van der Waals surface area contributed by atoms with Gasteiger partial charge in [0.1, 0.15) is 10.7 Å². The lowest BCUT2D eigenvalue weighted by Crippen LogP contribution is -2.15. The minimum Gasteiger partial charge on any atom is -0.492 e. The molecule has 0 saturated heterocycles. The summed E-state index contributed by atoms with van der Waals surface area (Å²) in [4.78, 5) is 0.395. The molecule has 0 saturated carbocycles. The van der Waals surface area contributed by atoms with Crippen LogP contribution in [0, 0.1) is 12.8 Å². The largest absolute Gasteiger partial charge is 0.492 e. The normalized spacial score (nSPS) is 12.2. The maximum absolute atomic E-state index is 5.88. The van der Waals surface area contributed by atoms with Crippen molar-refractivity contribution in [1.29, 1.82) is 0 Å². The first-order chi connectivity index (χ1) is 8.06. The third-order valence-corrected chi connectivity index (χ3v) is 2.99. The number of benzene rings is 1. The van der Waals surface area contributed by atoms with Crippen LogP contribution < -0.4 is 10.5 Å². The number of para-hydroxylation sites is 1. The van der Waals surface area contributed by atoms with E-state index in [4.69, 9.17) is 22.7 Å². The molecule has 0 bridgehead atoms. The highest BCUT2D eigenvalue weighted by Crippen LogP contribution is 2.24. The zero-order chi connectivity index (χ0) is 12.8. The second kappa shape index (κ2) is 6.60. The summed E-state index contributed by atoms with van der Waals surface area (Å²) in [5.74, 6) is 1.39. The van der Waals surface area contributed by atoms with E-state index in [0.717, 1.165) is 16.9 Å². The molecular weight excluding hydrogens is 230 g/mol. The summed E-state index contributed by atoms with van der Waals surface area (Å²) in [5.41, 5.74) is 7.62. The van der Waals surface area contributed by atoms with Crippen molar-refractivity contribution in [2.24, 2.45) is 11.7 Å². The average molecular weight is 251 g/mol. The van der Waals surface area contributed by atoms with Crippen molar-refractivity contribution in [3.8, 4) is 5.75 Å². The maximum Gasteiger partial charge on any atom is 0.132 e. The molecule has 1 rings (SSSR count). The number of rotatable bonds is 6. The van der Waals surface area contributed by atoms with E-state index in [1.807, 2.05) is 25.1 Å². The average Bonchev–Trinajstić information content (AvgIpc) is 2.27. The van der Waals surface area contributed by atoms with Gasteiger partial charge >= 0.3 is 0 Å². The summed E-state index contributed by atoms with van der Waals surface area (Å²) in [7, 11) is 0. The van der Waals surface area contributed by atoms with Crippen LogP contribution in [0.2, 0.25) is 0 Å². The van der Waals surface area contributed by atoms with Crippen molar-refractivity contribution in [1.82, 2.24) is 0 Å². The van der Waals surface area contributed by atoms with Gasteiger partial charge in [-0.3, -0.25) is 0 Å². The lowest BCUT2D eigenvalue weighted by molar-refractivity contribution is 0.250. The molecule has 1 aromatic carbocycles. The molecule has 0 aliphatic heterocycles. The Morgan fingerprint density at radius 3 is 2.76 bits per heavy atom. The van der Waals surface area contributed by atoms with E-state index in [-0.39, 0.29) is 0 Å². The number of hydrogen-bond donors (Lipinski definition) is 1. The molecule has 1 atom stereocenters. The van der Waals surface area contributed by atoms with Crippen LogP contribution in [0.4, 0.5) is 0 Å². The van der Waals surface area contributed by atoms with Crippen molar-refractivity contribution < 1.29 is 4.74 Å². The van der Waals surface area contributed by atoms with Gasteiger partial charge in [0, 0.05) is 0 Å². The van der Waals surface area contributed by atoms with Gasteiger partial charge in [-0.15, -0.1) is 0 Å². The van der Waals surface area contributed by atoms with Crippen LogP contribution >= 0.6 is 12.2 Å². The SMILES string of the molecule is CCCC(C)COc1c(C)cccc1C(N)=S. The number of thiocarbonyl (C=S) groups is 1. The first-order valence-electron chi connectivity index (χ1n) is 6.08. The third kappa shape index (κ3) is 4.00. The van der Waals surface area contributed by atoms with Gasteiger partial charge in [-0.25, -0.2) is 0 Å². The first kappa shape index (κ1) is 14.0. The highest BCUT2D eigenvalue weighted by Gasteiger charge is 2.10. The van der Waals surface area contributed by atoms with Crippen molar-refractivity contribution in [2.45, 2.75) is 33.6 Å². The molecule has 2 nitrogen and oxygen atoms in total. The van der Waals surface area contributed by atoms with Gasteiger partial charge in [0.2, 0.25) is 0 Å². The Balaban J connectivity index is 2.79. The topological polar surface area (TPSA) is 35.2 Å². The molecule has 94 valence electrons. The van der Waals surface area contributed by atoms with Gasteiger partial charge in [0.25, 0.3) is 0 Å². The standard InChI is InChI=1S/C14H21NOS/c1-4-6-10(2)9-16-13-11(3)7-5-8-12(13)14(15)17/h5,7-8,10H,4,6,9H2,1-3H3,(H2,15,17). The molecule has 0 heterocycles. The maximum atomic E-state index is 5.88. The summed E-state index contributed by atoms with van der Waals surface area (Å²) >= 11 is 5.04. The molecular formula is C14H21NOS. The highest BCUT2D eigenvalue weighted by atomic mass is 32.1. The molecule has 0 aromatic heterocycles. The highest BCUT2D eigenvalue weighted by molar-refractivity contribution is 7.80. The zero-order valence-corrected chi connectivity index (χ0v) is 11.6. The molecule has 1 aromatic rings. The number of ether oxygens (including phenoxy) is 1. The Bertz CT molecular complexity index is 390. The van der Waals surface area contributed by atoms with Crippen LogP contribution in [0.25, 0.3) is 0 Å². The Morgan fingerprint density at radius 1 is 1.47 bits per heavy atom. The second-order valence-electron chi connectivity index (χ2n) is 4.52. The lowest BCUT2D eigenvalue weighted by Gasteiger charge is -2.16. The summed E-state index contributed by atoms with van der Waals surface area (Å²) in [6.07, 6.45) is 2.36. The third-order valence-electron chi connectivity index (χ3n) is 2.77. The first-order valence-corrected chi connectivity index (χ1v) is 6.49. The van der Waals surface area contributed by atoms with E-state index in [0.29, 0.717) is 17.5 Å². The number of hydrogen-bond acceptors (Lipinski definition) is 2. The quantitative estimate of drug-likeness (QED) is 0.787. The Hall–Kier alpha value is -1.09. The summed E-state index contributed by atoms with van der Waals surface area (Å²) in [6.45, 7) is 7.11. The molecule has 0 aliphatic rings. The number of nitrogens with two attached hydrogens (primary N) is 1. The fourth-order valence-electron chi connectivity index (χ4n) is 1.84. The molecule has 1 unspecified atom stereocenters. The van der Waals surface area contributed by atoms with Crippen molar-refractivity contribution in [2.75, 3.05) is 6.61 Å². The van der Waals surface area contributed by atoms with Gasteiger partial charge in [-0.2, -0.15) is 0 Å². The lowest BCUT2D eigenvalue weighted by atomic mass is 10.1. The van der Waals surface area contributed by atoms with Gasteiger partial charge in [-0.1, -0.05) is 44.6 Å². The van der Waals surface area contributed by atoms with Crippen molar-refractivity contribution >= 4 is 17.2 Å². The van der Waals surface area contributed by atoms with Crippen LogP contribution in [0.15, 0.2) is 18.2 Å². The van der Waals surface area contributed by atoms with Gasteiger partial charge < -0.3 is 10.5 Å². The summed E-state index contributed by atoms with van der Waals surface area (Å²) in [6, 6.07) is 5.88. The molecule has 2 N–H and O–H groups in total. The van der Waals surface area contributed by atoms with Crippen molar-refractivity contribution in [3.63, 3.8) is 0 Å². The van der Waals surface area contributed by atoms with Crippen LogP contribution in [0.5, 0.6) is 5.75 Å². The Labute approximate surface area is 109 Å². The van der Waals surface area contributed by atoms with Crippen LogP contribution in [0.1, 0.15) is 37.8 Å². The fourth-order valence-corrected chi connectivity index (χ4v) is 2.00. The molecule has 0 fully saturated rings. The van der Waals surface area contributed by atoms with Crippen molar-refractivity contribution in [3.05, 3.63) is 29.3 Å². The Morgan fingerprint density at radius 2 is 2.18 bits per heavy atom. The number of aryl methyl sites for hydroxylation is 1. The predicted molar refractivity (Wildman–Crippen MR) is 76.6 cm³/mol. The molecule has 17 heavy (non-hydrogen) atoms. The molecule has 0 amide bonds. The predicted octanol–water partition coefficient (Wildman–Crippen LogP) is 3.44. The fraction of sp³-hybridized carbons (Fsp3) is 0.500.